The second-order valence-corrected chi connectivity index (χ2v) is 7.54. The monoisotopic (exact) mass is 464 g/mol. The number of aryl methyl sites for hydroxylation is 1. The molecule has 1 aromatic heterocycles. The Morgan fingerprint density at radius 1 is 1.09 bits per heavy atom. The summed E-state index contributed by atoms with van der Waals surface area (Å²) in [5.41, 5.74) is 1.48. The first-order chi connectivity index (χ1) is 15.8. The number of barbiturate groups is 1. The maximum absolute atomic E-state index is 13.0. The standard InChI is InChI=1S/C24H17ClN2O6/c1-13-7-8-14(11-19(13)25)27-22(29)18(21(28)26-24(27)31)12-15-9-10-20(33-15)16-5-3-4-6-17(16)23(30)32-2/h3-12H,1-2H3,(H,26,28,31)/b18-12-. The normalized spacial score (nSPS) is 15.1. The summed E-state index contributed by atoms with van der Waals surface area (Å²) >= 11 is 6.13. The first kappa shape index (κ1) is 22.0. The number of rotatable bonds is 4. The van der Waals surface area contributed by atoms with Gasteiger partial charge in [0.05, 0.1) is 18.4 Å². The maximum atomic E-state index is 13.0. The highest BCUT2D eigenvalue weighted by atomic mass is 35.5. The zero-order valence-corrected chi connectivity index (χ0v) is 18.3. The van der Waals surface area contributed by atoms with Crippen LogP contribution in [0.3, 0.4) is 0 Å². The van der Waals surface area contributed by atoms with Crippen LogP contribution in [0.15, 0.2) is 64.6 Å². The summed E-state index contributed by atoms with van der Waals surface area (Å²) in [4.78, 5) is 50.7. The summed E-state index contributed by atoms with van der Waals surface area (Å²) < 4.78 is 10.6. The smallest absolute Gasteiger partial charge is 0.338 e. The Morgan fingerprint density at radius 2 is 1.85 bits per heavy atom. The third kappa shape index (κ3) is 4.16. The van der Waals surface area contributed by atoms with Crippen LogP contribution in [0.2, 0.25) is 5.02 Å². The van der Waals surface area contributed by atoms with E-state index in [2.05, 4.69) is 5.32 Å². The van der Waals surface area contributed by atoms with Crippen molar-refractivity contribution in [3.8, 4) is 11.3 Å². The summed E-state index contributed by atoms with van der Waals surface area (Å²) in [6, 6.07) is 13.6. The Hall–Kier alpha value is -4.17. The van der Waals surface area contributed by atoms with Crippen LogP contribution < -0.4 is 10.2 Å². The van der Waals surface area contributed by atoms with Crippen LogP contribution in [0.25, 0.3) is 17.4 Å². The number of benzene rings is 2. The van der Waals surface area contributed by atoms with Gasteiger partial charge in [0.2, 0.25) is 0 Å². The van der Waals surface area contributed by atoms with Crippen LogP contribution >= 0.6 is 11.6 Å². The summed E-state index contributed by atoms with van der Waals surface area (Å²) in [7, 11) is 1.28. The van der Waals surface area contributed by atoms with E-state index in [1.165, 1.54) is 19.3 Å². The van der Waals surface area contributed by atoms with E-state index in [1.54, 1.807) is 55.5 Å². The number of urea groups is 1. The quantitative estimate of drug-likeness (QED) is 0.349. The number of carbonyl (C=O) groups is 4. The Bertz CT molecular complexity index is 1340. The number of imide groups is 2. The predicted molar refractivity (Wildman–Crippen MR) is 121 cm³/mol. The summed E-state index contributed by atoms with van der Waals surface area (Å²) in [6.45, 7) is 1.78. The SMILES string of the molecule is COC(=O)c1ccccc1-c1ccc(/C=C2/C(=O)NC(=O)N(c3ccc(C)c(Cl)c3)C2=O)o1. The van der Waals surface area contributed by atoms with Crippen molar-refractivity contribution in [2.75, 3.05) is 12.0 Å². The van der Waals surface area contributed by atoms with Crippen molar-refractivity contribution in [2.45, 2.75) is 6.92 Å². The zero-order chi connectivity index (χ0) is 23.7. The van der Waals surface area contributed by atoms with Crippen LogP contribution in [-0.2, 0) is 14.3 Å². The molecule has 1 N–H and O–H groups in total. The number of nitrogens with zero attached hydrogens (tertiary/aromatic N) is 1. The number of methoxy groups -OCH3 is 1. The van der Waals surface area contributed by atoms with Crippen LogP contribution in [0.1, 0.15) is 21.7 Å². The minimum absolute atomic E-state index is 0.180. The Labute approximate surface area is 193 Å². The molecule has 1 saturated heterocycles. The van der Waals surface area contributed by atoms with Gasteiger partial charge in [0.25, 0.3) is 11.8 Å². The molecule has 0 radical (unpaired) electrons. The number of carbonyl (C=O) groups excluding carboxylic acids is 4. The van der Waals surface area contributed by atoms with Crippen LogP contribution in [0.4, 0.5) is 10.5 Å². The maximum Gasteiger partial charge on any atom is 0.338 e. The van der Waals surface area contributed by atoms with E-state index in [9.17, 15) is 19.2 Å². The number of nitrogens with one attached hydrogen (secondary N) is 1. The third-order valence-corrected chi connectivity index (χ3v) is 5.43. The van der Waals surface area contributed by atoms with Crippen molar-refractivity contribution in [1.82, 2.24) is 5.32 Å². The van der Waals surface area contributed by atoms with E-state index in [-0.39, 0.29) is 17.0 Å². The molecule has 0 atom stereocenters. The minimum atomic E-state index is -0.880. The van der Waals surface area contributed by atoms with E-state index >= 15 is 0 Å². The molecule has 0 bridgehead atoms. The fourth-order valence-corrected chi connectivity index (χ4v) is 3.49. The van der Waals surface area contributed by atoms with Gasteiger partial charge in [-0.1, -0.05) is 35.9 Å². The molecule has 4 amide bonds. The minimum Gasteiger partial charge on any atom is -0.465 e. The van der Waals surface area contributed by atoms with E-state index in [0.29, 0.717) is 21.9 Å². The molecule has 8 nitrogen and oxygen atoms in total. The lowest BCUT2D eigenvalue weighted by atomic mass is 10.1. The fourth-order valence-electron chi connectivity index (χ4n) is 3.32. The molecule has 3 aromatic rings. The number of amides is 4. The highest BCUT2D eigenvalue weighted by Gasteiger charge is 2.37. The molecule has 0 spiro atoms. The van der Waals surface area contributed by atoms with Gasteiger partial charge < -0.3 is 9.15 Å². The Kier molecular flexibility index (Phi) is 5.85. The number of halogens is 1. The van der Waals surface area contributed by atoms with Gasteiger partial charge >= 0.3 is 12.0 Å². The first-order valence-electron chi connectivity index (χ1n) is 9.75. The van der Waals surface area contributed by atoms with E-state index in [1.807, 2.05) is 0 Å². The number of furan rings is 1. The van der Waals surface area contributed by atoms with Gasteiger partial charge in [-0.2, -0.15) is 0 Å². The zero-order valence-electron chi connectivity index (χ0n) is 17.5. The molecule has 0 saturated carbocycles. The number of esters is 1. The largest absolute Gasteiger partial charge is 0.465 e. The molecule has 2 heterocycles. The molecule has 0 aliphatic carbocycles. The molecule has 2 aromatic carbocycles. The van der Waals surface area contributed by atoms with Crippen LogP contribution in [0, 0.1) is 6.92 Å². The van der Waals surface area contributed by atoms with E-state index in [4.69, 9.17) is 20.8 Å². The van der Waals surface area contributed by atoms with Crippen molar-refractivity contribution in [2.24, 2.45) is 0 Å². The number of anilines is 1. The van der Waals surface area contributed by atoms with Crippen LogP contribution in [-0.4, -0.2) is 30.9 Å². The predicted octanol–water partition coefficient (Wildman–Crippen LogP) is 4.36. The van der Waals surface area contributed by atoms with Gasteiger partial charge in [-0.3, -0.25) is 14.9 Å². The lowest BCUT2D eigenvalue weighted by Crippen LogP contribution is -2.54. The number of ether oxygens (including phenoxy) is 1. The molecule has 1 aliphatic rings. The van der Waals surface area contributed by atoms with Crippen molar-refractivity contribution >= 4 is 47.2 Å². The lowest BCUT2D eigenvalue weighted by molar-refractivity contribution is -0.122. The summed E-state index contributed by atoms with van der Waals surface area (Å²) in [6.07, 6.45) is 1.23. The van der Waals surface area contributed by atoms with Gasteiger partial charge in [-0.05, 0) is 48.9 Å². The number of hydrogen-bond donors (Lipinski definition) is 1. The number of hydrogen-bond acceptors (Lipinski definition) is 6. The Balaban J connectivity index is 1.70. The van der Waals surface area contributed by atoms with Gasteiger partial charge in [0.1, 0.15) is 17.1 Å². The topological polar surface area (TPSA) is 106 Å². The van der Waals surface area contributed by atoms with Gasteiger partial charge in [-0.15, -0.1) is 0 Å². The molecular weight excluding hydrogens is 448 g/mol. The van der Waals surface area contributed by atoms with Crippen molar-refractivity contribution < 1.29 is 28.3 Å². The fraction of sp³-hybridized carbons (Fsp3) is 0.0833. The Morgan fingerprint density at radius 3 is 2.58 bits per heavy atom. The molecule has 9 heteroatoms. The molecule has 0 unspecified atom stereocenters. The molecule has 166 valence electrons. The van der Waals surface area contributed by atoms with Crippen molar-refractivity contribution in [3.05, 3.63) is 82.1 Å². The highest BCUT2D eigenvalue weighted by molar-refractivity contribution is 6.39. The third-order valence-electron chi connectivity index (χ3n) is 5.03. The van der Waals surface area contributed by atoms with Gasteiger partial charge in [0, 0.05) is 10.6 Å². The van der Waals surface area contributed by atoms with Crippen LogP contribution in [0.5, 0.6) is 0 Å². The average Bonchev–Trinajstić information content (AvgIpc) is 3.27. The van der Waals surface area contributed by atoms with Crippen molar-refractivity contribution in [3.63, 3.8) is 0 Å². The second-order valence-electron chi connectivity index (χ2n) is 7.13. The van der Waals surface area contributed by atoms with E-state index < -0.39 is 23.8 Å². The molecule has 33 heavy (non-hydrogen) atoms. The van der Waals surface area contributed by atoms with Gasteiger partial charge in [-0.25, -0.2) is 14.5 Å². The second kappa shape index (κ2) is 8.76. The molecular formula is C24H17ClN2O6. The molecule has 1 fully saturated rings. The summed E-state index contributed by atoms with van der Waals surface area (Å²) in [5.74, 6) is -1.69. The van der Waals surface area contributed by atoms with E-state index in [0.717, 1.165) is 10.5 Å². The molecule has 4 rings (SSSR count). The first-order valence-corrected chi connectivity index (χ1v) is 10.1. The average molecular weight is 465 g/mol. The van der Waals surface area contributed by atoms with Gasteiger partial charge in [0.15, 0.2) is 0 Å². The lowest BCUT2D eigenvalue weighted by Gasteiger charge is -2.26. The summed E-state index contributed by atoms with van der Waals surface area (Å²) in [5, 5.41) is 2.52. The van der Waals surface area contributed by atoms with Crippen molar-refractivity contribution in [1.29, 1.82) is 0 Å². The molecule has 1 aliphatic heterocycles. The highest BCUT2D eigenvalue weighted by Crippen LogP contribution is 2.29.